The summed E-state index contributed by atoms with van der Waals surface area (Å²) in [6.07, 6.45) is 2.97. The minimum atomic E-state index is -0.288. The molecule has 0 unspecified atom stereocenters. The van der Waals surface area contributed by atoms with Gasteiger partial charge >= 0.3 is 0 Å². The third-order valence-electron chi connectivity index (χ3n) is 3.59. The minimum absolute atomic E-state index is 0.288. The van der Waals surface area contributed by atoms with Gasteiger partial charge in [-0.05, 0) is 18.2 Å². The Hall–Kier alpha value is -2.99. The van der Waals surface area contributed by atoms with Crippen LogP contribution < -0.4 is 14.8 Å². The van der Waals surface area contributed by atoms with E-state index in [0.717, 1.165) is 5.56 Å². The molecule has 6 nitrogen and oxygen atoms in total. The fraction of sp³-hybridized carbons (Fsp3) is 0.111. The van der Waals surface area contributed by atoms with Crippen molar-refractivity contribution in [2.75, 3.05) is 19.5 Å². The van der Waals surface area contributed by atoms with Gasteiger partial charge in [0.15, 0.2) is 12.2 Å². The Labute approximate surface area is 149 Å². The van der Waals surface area contributed by atoms with Crippen molar-refractivity contribution in [3.8, 4) is 22.8 Å². The number of aromatic nitrogens is 1. The minimum Gasteiger partial charge on any atom is -0.495 e. The van der Waals surface area contributed by atoms with E-state index in [4.69, 9.17) is 25.5 Å². The van der Waals surface area contributed by atoms with Crippen LogP contribution in [0, 0.1) is 0 Å². The van der Waals surface area contributed by atoms with Gasteiger partial charge in [0.05, 0.1) is 31.1 Å². The van der Waals surface area contributed by atoms with Crippen LogP contribution in [0.4, 0.5) is 5.69 Å². The molecule has 1 amide bonds. The highest BCUT2D eigenvalue weighted by atomic mass is 35.5. The molecule has 0 saturated carbocycles. The van der Waals surface area contributed by atoms with E-state index in [9.17, 15) is 4.79 Å². The van der Waals surface area contributed by atoms with E-state index in [0.29, 0.717) is 33.5 Å². The standard InChI is InChI=1S/C18H15ClN2O4/c1-23-15-8-16(24-2)14(7-13(15)19)21-18(22)12-5-3-11(4-6-12)17-9-20-10-25-17/h3-10H,1-2H3,(H,21,22). The predicted molar refractivity (Wildman–Crippen MR) is 94.4 cm³/mol. The maximum atomic E-state index is 12.5. The lowest BCUT2D eigenvalue weighted by Gasteiger charge is -2.13. The second kappa shape index (κ2) is 7.27. The van der Waals surface area contributed by atoms with Crippen molar-refractivity contribution in [1.82, 2.24) is 4.98 Å². The molecule has 0 atom stereocenters. The molecule has 0 aliphatic rings. The van der Waals surface area contributed by atoms with E-state index < -0.39 is 0 Å². The molecule has 1 heterocycles. The third kappa shape index (κ3) is 3.59. The van der Waals surface area contributed by atoms with Gasteiger partial charge in [-0.15, -0.1) is 0 Å². The highest BCUT2D eigenvalue weighted by Crippen LogP contribution is 2.36. The Kier molecular flexibility index (Phi) is 4.90. The van der Waals surface area contributed by atoms with E-state index >= 15 is 0 Å². The van der Waals surface area contributed by atoms with Crippen molar-refractivity contribution < 1.29 is 18.7 Å². The largest absolute Gasteiger partial charge is 0.495 e. The van der Waals surface area contributed by atoms with Gasteiger partial charge < -0.3 is 19.2 Å². The molecule has 1 N–H and O–H groups in total. The quantitative estimate of drug-likeness (QED) is 0.737. The maximum absolute atomic E-state index is 12.5. The van der Waals surface area contributed by atoms with Gasteiger partial charge in [-0.3, -0.25) is 4.79 Å². The number of hydrogen-bond acceptors (Lipinski definition) is 5. The predicted octanol–water partition coefficient (Wildman–Crippen LogP) is 4.26. The number of nitrogens with one attached hydrogen (secondary N) is 1. The molecule has 25 heavy (non-hydrogen) atoms. The molecule has 0 aliphatic heterocycles. The first-order valence-corrected chi connectivity index (χ1v) is 7.72. The molecule has 0 bridgehead atoms. The van der Waals surface area contributed by atoms with Gasteiger partial charge in [0.1, 0.15) is 11.5 Å². The van der Waals surface area contributed by atoms with E-state index in [1.807, 2.05) is 0 Å². The lowest BCUT2D eigenvalue weighted by Crippen LogP contribution is -2.12. The summed E-state index contributed by atoms with van der Waals surface area (Å²) in [6.45, 7) is 0. The number of nitrogens with zero attached hydrogens (tertiary/aromatic N) is 1. The van der Waals surface area contributed by atoms with Crippen LogP contribution in [0.2, 0.25) is 5.02 Å². The Morgan fingerprint density at radius 2 is 1.84 bits per heavy atom. The van der Waals surface area contributed by atoms with Crippen LogP contribution in [-0.4, -0.2) is 25.1 Å². The van der Waals surface area contributed by atoms with Crippen molar-refractivity contribution >= 4 is 23.2 Å². The van der Waals surface area contributed by atoms with Crippen LogP contribution in [0.15, 0.2) is 53.4 Å². The van der Waals surface area contributed by atoms with Crippen molar-refractivity contribution in [1.29, 1.82) is 0 Å². The fourth-order valence-corrected chi connectivity index (χ4v) is 2.54. The Balaban J connectivity index is 1.81. The molecular formula is C18H15ClN2O4. The average Bonchev–Trinajstić information content (AvgIpc) is 3.17. The summed E-state index contributed by atoms with van der Waals surface area (Å²) >= 11 is 6.12. The molecule has 0 saturated heterocycles. The summed E-state index contributed by atoms with van der Waals surface area (Å²) in [5.74, 6) is 1.26. The first kappa shape index (κ1) is 16.9. The molecule has 0 spiro atoms. The van der Waals surface area contributed by atoms with Crippen LogP contribution in [-0.2, 0) is 0 Å². The number of halogens is 1. The second-order valence-electron chi connectivity index (χ2n) is 5.08. The maximum Gasteiger partial charge on any atom is 0.255 e. The molecule has 0 radical (unpaired) electrons. The number of anilines is 1. The number of amides is 1. The number of carbonyl (C=O) groups is 1. The first-order chi connectivity index (χ1) is 12.1. The summed E-state index contributed by atoms with van der Waals surface area (Å²) < 4.78 is 15.6. The molecule has 3 rings (SSSR count). The Morgan fingerprint density at radius 3 is 2.44 bits per heavy atom. The van der Waals surface area contributed by atoms with Gasteiger partial charge in [0.2, 0.25) is 0 Å². The van der Waals surface area contributed by atoms with E-state index in [1.54, 1.807) is 42.6 Å². The lowest BCUT2D eigenvalue weighted by atomic mass is 10.1. The van der Waals surface area contributed by atoms with Crippen molar-refractivity contribution in [3.05, 3.63) is 59.6 Å². The second-order valence-corrected chi connectivity index (χ2v) is 5.49. The zero-order valence-corrected chi connectivity index (χ0v) is 14.3. The number of ether oxygens (including phenoxy) is 2. The molecule has 1 aromatic heterocycles. The first-order valence-electron chi connectivity index (χ1n) is 7.34. The smallest absolute Gasteiger partial charge is 0.255 e. The monoisotopic (exact) mass is 358 g/mol. The number of rotatable bonds is 5. The Bertz CT molecular complexity index is 877. The average molecular weight is 359 g/mol. The molecular weight excluding hydrogens is 344 g/mol. The van der Waals surface area contributed by atoms with Crippen molar-refractivity contribution in [3.63, 3.8) is 0 Å². The Morgan fingerprint density at radius 1 is 1.12 bits per heavy atom. The molecule has 2 aromatic carbocycles. The SMILES string of the molecule is COc1cc(OC)c(NC(=O)c2ccc(-c3cnco3)cc2)cc1Cl. The van der Waals surface area contributed by atoms with Crippen LogP contribution in [0.5, 0.6) is 11.5 Å². The van der Waals surface area contributed by atoms with Crippen molar-refractivity contribution in [2.45, 2.75) is 0 Å². The topological polar surface area (TPSA) is 73.6 Å². The number of oxazole rings is 1. The van der Waals surface area contributed by atoms with Crippen molar-refractivity contribution in [2.24, 2.45) is 0 Å². The number of methoxy groups -OCH3 is 2. The van der Waals surface area contributed by atoms with Crippen LogP contribution in [0.25, 0.3) is 11.3 Å². The van der Waals surface area contributed by atoms with Crippen LogP contribution in [0.1, 0.15) is 10.4 Å². The van der Waals surface area contributed by atoms with Gasteiger partial charge in [0, 0.05) is 17.2 Å². The zero-order chi connectivity index (χ0) is 17.8. The van der Waals surface area contributed by atoms with E-state index in [-0.39, 0.29) is 5.91 Å². The summed E-state index contributed by atoms with van der Waals surface area (Å²) in [5.41, 5.74) is 1.77. The van der Waals surface area contributed by atoms with Crippen LogP contribution >= 0.6 is 11.6 Å². The fourth-order valence-electron chi connectivity index (χ4n) is 2.30. The van der Waals surface area contributed by atoms with Gasteiger partial charge in [-0.1, -0.05) is 23.7 Å². The molecule has 0 aliphatic carbocycles. The number of benzene rings is 2. The summed E-state index contributed by atoms with van der Waals surface area (Å²) in [5, 5.41) is 3.16. The van der Waals surface area contributed by atoms with Gasteiger partial charge in [0.25, 0.3) is 5.91 Å². The third-order valence-corrected chi connectivity index (χ3v) is 3.88. The molecule has 3 aromatic rings. The zero-order valence-electron chi connectivity index (χ0n) is 13.6. The van der Waals surface area contributed by atoms with Crippen LogP contribution in [0.3, 0.4) is 0 Å². The molecule has 7 heteroatoms. The van der Waals surface area contributed by atoms with E-state index in [1.165, 1.54) is 20.6 Å². The highest BCUT2D eigenvalue weighted by molar-refractivity contribution is 6.32. The van der Waals surface area contributed by atoms with E-state index in [2.05, 4.69) is 10.3 Å². The van der Waals surface area contributed by atoms with Gasteiger partial charge in [-0.25, -0.2) is 4.98 Å². The summed E-state index contributed by atoms with van der Waals surface area (Å²) in [4.78, 5) is 16.3. The normalized spacial score (nSPS) is 10.4. The van der Waals surface area contributed by atoms with Gasteiger partial charge in [-0.2, -0.15) is 0 Å². The summed E-state index contributed by atoms with van der Waals surface area (Å²) in [6, 6.07) is 10.2. The molecule has 0 fully saturated rings. The number of carbonyl (C=O) groups excluding carboxylic acids is 1. The highest BCUT2D eigenvalue weighted by Gasteiger charge is 2.14. The number of hydrogen-bond donors (Lipinski definition) is 1. The molecule has 128 valence electrons. The summed E-state index contributed by atoms with van der Waals surface area (Å²) in [7, 11) is 3.01. The lowest BCUT2D eigenvalue weighted by molar-refractivity contribution is 0.102.